The molecule has 3 aromatic rings. The molecule has 2 atom stereocenters. The van der Waals surface area contributed by atoms with Crippen molar-refractivity contribution in [1.29, 1.82) is 0 Å². The molecule has 1 aliphatic rings. The molecule has 1 saturated heterocycles. The Morgan fingerprint density at radius 1 is 1.09 bits per heavy atom. The van der Waals surface area contributed by atoms with E-state index in [4.69, 9.17) is 5.73 Å². The van der Waals surface area contributed by atoms with E-state index in [1.807, 2.05) is 0 Å². The Morgan fingerprint density at radius 2 is 1.78 bits per heavy atom. The quantitative estimate of drug-likeness (QED) is 0.542. The summed E-state index contributed by atoms with van der Waals surface area (Å²) in [5.74, 6) is 0. The zero-order valence-corrected chi connectivity index (χ0v) is 17.8. The highest BCUT2D eigenvalue weighted by Gasteiger charge is 2.36. The zero-order valence-electron chi connectivity index (χ0n) is 16.9. The second kappa shape index (κ2) is 8.60. The third kappa shape index (κ3) is 4.30. The molecule has 1 aromatic heterocycles. The predicted octanol–water partition coefficient (Wildman–Crippen LogP) is 2.49. The smallest absolute Gasteiger partial charge is 0.323 e. The van der Waals surface area contributed by atoms with E-state index in [9.17, 15) is 22.4 Å². The molecular formula is C21H22FN5O4S. The average molecular weight is 460 g/mol. The van der Waals surface area contributed by atoms with Gasteiger partial charge in [0.15, 0.2) is 0 Å². The first-order chi connectivity index (χ1) is 15.3. The number of urea groups is 1. The maximum absolute atomic E-state index is 14.2. The molecule has 0 aliphatic carbocycles. The SMILES string of the molecule is NC(=O)n1cc(NC(=O)N2C[C@H](F)C[C@H]2CNS(=O)(=O)c2ccccc2)c2ccccc21. The summed E-state index contributed by atoms with van der Waals surface area (Å²) < 4.78 is 42.8. The Bertz CT molecular complexity index is 1260. The molecule has 0 spiro atoms. The summed E-state index contributed by atoms with van der Waals surface area (Å²) in [5, 5.41) is 3.29. The Balaban J connectivity index is 1.51. The largest absolute Gasteiger partial charge is 0.351 e. The van der Waals surface area contributed by atoms with Gasteiger partial charge in [0.2, 0.25) is 10.0 Å². The lowest BCUT2D eigenvalue weighted by Gasteiger charge is -2.24. The first-order valence-corrected chi connectivity index (χ1v) is 11.4. The number of nitrogens with zero attached hydrogens (tertiary/aromatic N) is 2. The number of alkyl halides is 1. The van der Waals surface area contributed by atoms with Crippen molar-refractivity contribution in [2.24, 2.45) is 5.73 Å². The van der Waals surface area contributed by atoms with Gasteiger partial charge < -0.3 is 16.0 Å². The number of primary amides is 1. The summed E-state index contributed by atoms with van der Waals surface area (Å²) in [5.41, 5.74) is 6.26. The number of nitrogens with one attached hydrogen (secondary N) is 2. The number of sulfonamides is 1. The maximum Gasteiger partial charge on any atom is 0.323 e. The second-order valence-electron chi connectivity index (χ2n) is 7.50. The standard InChI is InChI=1S/C21H22FN5O4S/c22-14-10-15(11-24-32(30,31)16-6-2-1-3-7-16)26(12-14)21(29)25-18-13-27(20(23)28)19-9-5-4-8-17(18)19/h1-9,13-15,24H,10-12H2,(H2,23,28)(H,25,29)/t14-,15+/m1/s1. The molecule has 3 amide bonds. The Labute approximate surface area is 184 Å². The number of para-hydroxylation sites is 1. The number of hydrogen-bond donors (Lipinski definition) is 3. The van der Waals surface area contributed by atoms with Gasteiger partial charge in [0.05, 0.1) is 22.6 Å². The number of likely N-dealkylation sites (tertiary alicyclic amines) is 1. The number of amides is 3. The van der Waals surface area contributed by atoms with Gasteiger partial charge in [0.1, 0.15) is 6.17 Å². The Hall–Kier alpha value is -3.44. The Kier molecular flexibility index (Phi) is 5.85. The lowest BCUT2D eigenvalue weighted by molar-refractivity contribution is 0.204. The van der Waals surface area contributed by atoms with Crippen LogP contribution in [0.5, 0.6) is 0 Å². The van der Waals surface area contributed by atoms with E-state index in [-0.39, 0.29) is 24.4 Å². The number of halogens is 1. The van der Waals surface area contributed by atoms with Crippen molar-refractivity contribution in [3.63, 3.8) is 0 Å². The fourth-order valence-corrected chi connectivity index (χ4v) is 4.93. The van der Waals surface area contributed by atoms with Crippen LogP contribution in [-0.2, 0) is 10.0 Å². The van der Waals surface area contributed by atoms with E-state index in [0.717, 1.165) is 0 Å². The van der Waals surface area contributed by atoms with Crippen molar-refractivity contribution in [1.82, 2.24) is 14.2 Å². The van der Waals surface area contributed by atoms with Crippen LogP contribution in [0.1, 0.15) is 6.42 Å². The normalized spacial score (nSPS) is 18.7. The number of aromatic nitrogens is 1. The van der Waals surface area contributed by atoms with Crippen LogP contribution in [0.25, 0.3) is 10.9 Å². The highest BCUT2D eigenvalue weighted by Crippen LogP contribution is 2.27. The van der Waals surface area contributed by atoms with Crippen LogP contribution in [0.15, 0.2) is 65.7 Å². The minimum absolute atomic E-state index is 0.00771. The second-order valence-corrected chi connectivity index (χ2v) is 9.27. The topological polar surface area (TPSA) is 127 Å². The molecule has 2 aromatic carbocycles. The van der Waals surface area contributed by atoms with E-state index < -0.39 is 34.3 Å². The number of hydrogen-bond acceptors (Lipinski definition) is 4. The van der Waals surface area contributed by atoms with Gasteiger partial charge in [0.25, 0.3) is 0 Å². The van der Waals surface area contributed by atoms with Crippen molar-refractivity contribution in [3.05, 3.63) is 60.8 Å². The number of nitrogens with two attached hydrogens (primary N) is 1. The summed E-state index contributed by atoms with van der Waals surface area (Å²) in [6, 6.07) is 12.7. The lowest BCUT2D eigenvalue weighted by atomic mass is 10.2. The molecule has 2 heterocycles. The summed E-state index contributed by atoms with van der Waals surface area (Å²) in [6.45, 7) is -0.299. The molecule has 168 valence electrons. The molecule has 0 unspecified atom stereocenters. The van der Waals surface area contributed by atoms with E-state index >= 15 is 0 Å². The molecule has 0 bridgehead atoms. The van der Waals surface area contributed by atoms with Crippen LogP contribution in [0.4, 0.5) is 19.7 Å². The molecule has 9 nitrogen and oxygen atoms in total. The van der Waals surface area contributed by atoms with Gasteiger partial charge in [-0.1, -0.05) is 36.4 Å². The van der Waals surface area contributed by atoms with Crippen molar-refractivity contribution in [2.75, 3.05) is 18.4 Å². The third-order valence-electron chi connectivity index (χ3n) is 5.38. The third-order valence-corrected chi connectivity index (χ3v) is 6.82. The molecule has 1 fully saturated rings. The van der Waals surface area contributed by atoms with Gasteiger partial charge in [-0.3, -0.25) is 4.57 Å². The van der Waals surface area contributed by atoms with Crippen LogP contribution >= 0.6 is 0 Å². The molecular weight excluding hydrogens is 437 g/mol. The summed E-state index contributed by atoms with van der Waals surface area (Å²) in [7, 11) is -3.79. The fraction of sp³-hybridized carbons (Fsp3) is 0.238. The van der Waals surface area contributed by atoms with Gasteiger partial charge in [0, 0.05) is 30.6 Å². The average Bonchev–Trinajstić information content (AvgIpc) is 3.34. The van der Waals surface area contributed by atoms with E-state index in [0.29, 0.717) is 16.6 Å². The van der Waals surface area contributed by atoms with Gasteiger partial charge in [-0.25, -0.2) is 27.1 Å². The van der Waals surface area contributed by atoms with E-state index in [1.165, 1.54) is 27.8 Å². The summed E-state index contributed by atoms with van der Waals surface area (Å²) in [6.07, 6.45) is 0.133. The minimum atomic E-state index is -3.79. The van der Waals surface area contributed by atoms with Crippen LogP contribution in [0.3, 0.4) is 0 Å². The van der Waals surface area contributed by atoms with Crippen molar-refractivity contribution in [3.8, 4) is 0 Å². The predicted molar refractivity (Wildman–Crippen MR) is 118 cm³/mol. The van der Waals surface area contributed by atoms with Gasteiger partial charge in [-0.05, 0) is 18.2 Å². The first kappa shape index (κ1) is 21.8. The Morgan fingerprint density at radius 3 is 2.50 bits per heavy atom. The highest BCUT2D eigenvalue weighted by atomic mass is 32.2. The lowest BCUT2D eigenvalue weighted by Crippen LogP contribution is -2.45. The fourth-order valence-electron chi connectivity index (χ4n) is 3.84. The summed E-state index contributed by atoms with van der Waals surface area (Å²) >= 11 is 0. The van der Waals surface area contributed by atoms with Crippen LogP contribution in [0, 0.1) is 0 Å². The minimum Gasteiger partial charge on any atom is -0.351 e. The van der Waals surface area contributed by atoms with Crippen molar-refractivity contribution < 1.29 is 22.4 Å². The summed E-state index contributed by atoms with van der Waals surface area (Å²) in [4.78, 5) is 26.0. The van der Waals surface area contributed by atoms with Crippen LogP contribution in [-0.4, -0.2) is 55.3 Å². The van der Waals surface area contributed by atoms with Crippen molar-refractivity contribution >= 4 is 38.7 Å². The van der Waals surface area contributed by atoms with Crippen molar-refractivity contribution in [2.45, 2.75) is 23.5 Å². The van der Waals surface area contributed by atoms with Crippen LogP contribution < -0.4 is 15.8 Å². The number of anilines is 1. The highest BCUT2D eigenvalue weighted by molar-refractivity contribution is 7.89. The molecule has 4 N–H and O–H groups in total. The van der Waals surface area contributed by atoms with Gasteiger partial charge in [-0.15, -0.1) is 0 Å². The van der Waals surface area contributed by atoms with Crippen LogP contribution in [0.2, 0.25) is 0 Å². The molecule has 1 aliphatic heterocycles. The molecule has 0 radical (unpaired) electrons. The maximum atomic E-state index is 14.2. The number of benzene rings is 2. The van der Waals surface area contributed by atoms with E-state index in [1.54, 1.807) is 42.5 Å². The van der Waals surface area contributed by atoms with E-state index in [2.05, 4.69) is 10.0 Å². The molecule has 0 saturated carbocycles. The number of carbonyl (C=O) groups is 2. The number of fused-ring (bicyclic) bond motifs is 1. The zero-order chi connectivity index (χ0) is 22.9. The monoisotopic (exact) mass is 459 g/mol. The number of carbonyl (C=O) groups excluding carboxylic acids is 2. The molecule has 11 heteroatoms. The number of rotatable bonds is 5. The van der Waals surface area contributed by atoms with Gasteiger partial charge >= 0.3 is 12.1 Å². The molecule has 4 rings (SSSR count). The molecule has 32 heavy (non-hydrogen) atoms. The van der Waals surface area contributed by atoms with Gasteiger partial charge in [-0.2, -0.15) is 0 Å². The first-order valence-electron chi connectivity index (χ1n) is 9.92.